The molecule has 0 aliphatic carbocycles. The molecule has 44 heavy (non-hydrogen) atoms. The van der Waals surface area contributed by atoms with Crippen LogP contribution in [0.5, 0.6) is 5.75 Å². The Morgan fingerprint density at radius 3 is 2.52 bits per heavy atom. The smallest absolute Gasteiger partial charge is 0.241 e. The summed E-state index contributed by atoms with van der Waals surface area (Å²) in [6.45, 7) is 3.40. The third-order valence-electron chi connectivity index (χ3n) is 6.63. The maximum atomic E-state index is 12.8. The standard InChI is InChI=1S/C28H35ClN8O2.C2H2ClFO/c1-17(30-2)27(38)33-22-13-23(25(39-6)14-24(22)37(5)12-11-36(3)4)34-28-32-16-20(29)26(35-28)19-15-31-21-10-8-7-9-18(19)21;3-2(4)1-5/h7-10,13-17,30-31H,11-12H2,1-6H3,(H,33,38)(H,32,34,35);1-2H/t17-;/m0./s1. The van der Waals surface area contributed by atoms with Gasteiger partial charge in [-0.15, -0.1) is 0 Å². The zero-order valence-electron chi connectivity index (χ0n) is 25.4. The van der Waals surface area contributed by atoms with E-state index in [1.807, 2.05) is 63.7 Å². The highest BCUT2D eigenvalue weighted by Gasteiger charge is 2.20. The van der Waals surface area contributed by atoms with E-state index in [2.05, 4.69) is 47.3 Å². The van der Waals surface area contributed by atoms with Crippen LogP contribution < -0.4 is 25.6 Å². The fourth-order valence-corrected chi connectivity index (χ4v) is 4.29. The molecule has 14 heteroatoms. The fourth-order valence-electron chi connectivity index (χ4n) is 4.10. The molecule has 1 amide bonds. The molecule has 2 aromatic heterocycles. The number of benzene rings is 2. The molecule has 4 rings (SSSR count). The minimum absolute atomic E-state index is 0.0154. The summed E-state index contributed by atoms with van der Waals surface area (Å²) in [7, 11) is 9.38. The number of hydrogen-bond acceptors (Lipinski definition) is 9. The molecule has 0 aliphatic rings. The van der Waals surface area contributed by atoms with Crippen LogP contribution >= 0.6 is 23.2 Å². The summed E-state index contributed by atoms with van der Waals surface area (Å²) in [6.07, 6.45) is 3.47. The Bertz CT molecular complexity index is 1570. The van der Waals surface area contributed by atoms with Crippen LogP contribution in [0.3, 0.4) is 0 Å². The molecule has 2 atom stereocenters. The SMILES string of the molecule is CN[C@@H](C)C(=O)Nc1cc(Nc2ncc(Cl)c(-c3c[nH]c4ccccc34)n2)c(OC)cc1N(C)CCN(C)C.O=CC(F)Cl. The number of amides is 1. The van der Waals surface area contributed by atoms with Gasteiger partial charge in [-0.3, -0.25) is 9.59 Å². The van der Waals surface area contributed by atoms with E-state index in [4.69, 9.17) is 26.1 Å². The number of para-hydroxylation sites is 1. The number of carbonyl (C=O) groups excluding carboxylic acids is 2. The summed E-state index contributed by atoms with van der Waals surface area (Å²) < 4.78 is 16.6. The molecule has 4 aromatic rings. The Morgan fingerprint density at radius 1 is 1.18 bits per heavy atom. The van der Waals surface area contributed by atoms with Crippen molar-refractivity contribution in [2.75, 3.05) is 63.9 Å². The normalized spacial score (nSPS) is 12.2. The lowest BCUT2D eigenvalue weighted by molar-refractivity contribution is -0.117. The van der Waals surface area contributed by atoms with Gasteiger partial charge in [-0.25, -0.2) is 14.4 Å². The molecule has 0 fully saturated rings. The van der Waals surface area contributed by atoms with Crippen molar-refractivity contribution in [1.29, 1.82) is 0 Å². The first-order valence-corrected chi connectivity index (χ1v) is 14.5. The summed E-state index contributed by atoms with van der Waals surface area (Å²) in [5.41, 5.74) is 2.70. The number of methoxy groups -OCH3 is 1. The van der Waals surface area contributed by atoms with E-state index in [1.54, 1.807) is 27.3 Å². The second-order valence-corrected chi connectivity index (χ2v) is 10.9. The molecule has 2 heterocycles. The van der Waals surface area contributed by atoms with Gasteiger partial charge in [-0.05, 0) is 40.2 Å². The van der Waals surface area contributed by atoms with Crippen molar-refractivity contribution in [1.82, 2.24) is 25.2 Å². The molecule has 1 unspecified atom stereocenters. The third kappa shape index (κ3) is 9.02. The second kappa shape index (κ2) is 16.2. The highest BCUT2D eigenvalue weighted by molar-refractivity contribution is 6.33. The number of aromatic amines is 1. The van der Waals surface area contributed by atoms with Gasteiger partial charge in [-0.1, -0.05) is 41.4 Å². The number of halogens is 3. The Morgan fingerprint density at radius 2 is 1.89 bits per heavy atom. The lowest BCUT2D eigenvalue weighted by Crippen LogP contribution is -2.36. The summed E-state index contributed by atoms with van der Waals surface area (Å²) in [5, 5.41) is 10.7. The molecular formula is C30H37Cl2FN8O3. The zero-order chi connectivity index (χ0) is 32.4. The van der Waals surface area contributed by atoms with Crippen molar-refractivity contribution in [3.05, 3.63) is 53.8 Å². The fraction of sp³-hybridized carbons (Fsp3) is 0.333. The largest absolute Gasteiger partial charge is 0.494 e. The van der Waals surface area contributed by atoms with Gasteiger partial charge in [0.1, 0.15) is 5.75 Å². The Hall–Kier alpha value is -3.97. The predicted octanol–water partition coefficient (Wildman–Crippen LogP) is 5.29. The number of fused-ring (bicyclic) bond motifs is 1. The quantitative estimate of drug-likeness (QED) is 0.120. The molecule has 0 radical (unpaired) electrons. The molecule has 11 nitrogen and oxygen atoms in total. The topological polar surface area (TPSA) is 128 Å². The van der Waals surface area contributed by atoms with Gasteiger partial charge in [0.15, 0.2) is 6.29 Å². The predicted molar refractivity (Wildman–Crippen MR) is 176 cm³/mol. The van der Waals surface area contributed by atoms with Gasteiger partial charge in [0.25, 0.3) is 0 Å². The van der Waals surface area contributed by atoms with Gasteiger partial charge in [0.05, 0.1) is 47.1 Å². The van der Waals surface area contributed by atoms with Crippen LogP contribution in [0.25, 0.3) is 22.2 Å². The Labute approximate surface area is 266 Å². The van der Waals surface area contributed by atoms with Gasteiger partial charge in [0.2, 0.25) is 17.5 Å². The maximum Gasteiger partial charge on any atom is 0.241 e. The van der Waals surface area contributed by atoms with Crippen LogP contribution in [0.15, 0.2) is 48.8 Å². The van der Waals surface area contributed by atoms with Gasteiger partial charge in [-0.2, -0.15) is 0 Å². The Kier molecular flexibility index (Phi) is 12.7. The van der Waals surface area contributed by atoms with E-state index in [1.165, 1.54) is 0 Å². The first-order valence-electron chi connectivity index (χ1n) is 13.6. The van der Waals surface area contributed by atoms with Crippen molar-refractivity contribution in [3.63, 3.8) is 0 Å². The van der Waals surface area contributed by atoms with E-state index >= 15 is 0 Å². The summed E-state index contributed by atoms with van der Waals surface area (Å²) in [5.74, 6) is 0.765. The number of rotatable bonds is 12. The lowest BCUT2D eigenvalue weighted by Gasteiger charge is -2.26. The number of nitrogens with zero attached hydrogens (tertiary/aromatic N) is 4. The average Bonchev–Trinajstić information content (AvgIpc) is 3.44. The van der Waals surface area contributed by atoms with Gasteiger partial charge in [0, 0.05) is 48.9 Å². The minimum Gasteiger partial charge on any atom is -0.494 e. The van der Waals surface area contributed by atoms with Gasteiger partial charge >= 0.3 is 0 Å². The van der Waals surface area contributed by atoms with E-state index in [9.17, 15) is 9.18 Å². The molecule has 236 valence electrons. The highest BCUT2D eigenvalue weighted by atomic mass is 35.5. The first-order chi connectivity index (χ1) is 21.0. The number of aromatic nitrogens is 3. The van der Waals surface area contributed by atoms with Crippen molar-refractivity contribution >= 4 is 69.3 Å². The molecule has 0 saturated heterocycles. The number of anilines is 4. The number of nitrogens with one attached hydrogen (secondary N) is 4. The van der Waals surface area contributed by atoms with E-state index in [-0.39, 0.29) is 18.2 Å². The average molecular weight is 648 g/mol. The van der Waals surface area contributed by atoms with Crippen LogP contribution in [-0.4, -0.2) is 92.1 Å². The zero-order valence-corrected chi connectivity index (χ0v) is 26.9. The molecule has 4 N–H and O–H groups in total. The minimum atomic E-state index is -1.82. The number of alkyl halides is 2. The van der Waals surface area contributed by atoms with E-state index < -0.39 is 5.63 Å². The van der Waals surface area contributed by atoms with E-state index in [0.29, 0.717) is 33.8 Å². The first kappa shape index (κ1) is 34.5. The summed E-state index contributed by atoms with van der Waals surface area (Å²) in [6, 6.07) is 11.3. The maximum absolute atomic E-state index is 12.8. The highest BCUT2D eigenvalue weighted by Crippen LogP contribution is 2.39. The number of H-pyrrole nitrogens is 1. The van der Waals surface area contributed by atoms with Crippen LogP contribution in [0.1, 0.15) is 6.92 Å². The molecule has 0 saturated carbocycles. The van der Waals surface area contributed by atoms with Crippen LogP contribution in [0.2, 0.25) is 5.02 Å². The monoisotopic (exact) mass is 646 g/mol. The van der Waals surface area contributed by atoms with Crippen LogP contribution in [0, 0.1) is 0 Å². The molecule has 0 bridgehead atoms. The second-order valence-electron chi connectivity index (χ2n) is 10.0. The third-order valence-corrected chi connectivity index (χ3v) is 7.01. The summed E-state index contributed by atoms with van der Waals surface area (Å²) in [4.78, 5) is 38.4. The van der Waals surface area contributed by atoms with Crippen molar-refractivity contribution in [2.45, 2.75) is 18.6 Å². The van der Waals surface area contributed by atoms with Gasteiger partial charge < -0.3 is 35.5 Å². The number of hydrogen-bond donors (Lipinski definition) is 4. The van der Waals surface area contributed by atoms with Crippen LogP contribution in [0.4, 0.5) is 27.4 Å². The molecule has 0 aliphatic heterocycles. The number of ether oxygens (including phenoxy) is 1. The summed E-state index contributed by atoms with van der Waals surface area (Å²) >= 11 is 11.0. The number of likely N-dealkylation sites (N-methyl/N-ethyl adjacent to an activating group) is 3. The number of aldehydes is 1. The Balaban J connectivity index is 0.000000978. The molecule has 0 spiro atoms. The van der Waals surface area contributed by atoms with Crippen LogP contribution in [-0.2, 0) is 9.59 Å². The molecular weight excluding hydrogens is 610 g/mol. The molecule has 2 aromatic carbocycles. The lowest BCUT2D eigenvalue weighted by atomic mass is 10.1. The van der Waals surface area contributed by atoms with Crippen molar-refractivity contribution < 1.29 is 18.7 Å². The number of carbonyl (C=O) groups is 2. The van der Waals surface area contributed by atoms with Crippen molar-refractivity contribution in [3.8, 4) is 17.0 Å². The van der Waals surface area contributed by atoms with E-state index in [0.717, 1.165) is 35.2 Å². The van der Waals surface area contributed by atoms with Crippen molar-refractivity contribution in [2.24, 2.45) is 0 Å².